The fourth-order valence-corrected chi connectivity index (χ4v) is 1.36. The van der Waals surface area contributed by atoms with Gasteiger partial charge in [-0.1, -0.05) is 0 Å². The Morgan fingerprint density at radius 1 is 1.28 bits per heavy atom. The van der Waals surface area contributed by atoms with Crippen LogP contribution >= 0.6 is 11.6 Å². The Hall–Kier alpha value is -0.641. The summed E-state index contributed by atoms with van der Waals surface area (Å²) >= 11 is 5.51. The second-order valence-electron chi connectivity index (χ2n) is 3.76. The molecule has 107 valence electrons. The molecule has 1 radical (unpaired) electrons. The van der Waals surface area contributed by atoms with E-state index in [1.54, 1.807) is 6.20 Å². The van der Waals surface area contributed by atoms with Gasteiger partial charge in [0.2, 0.25) is 0 Å². The summed E-state index contributed by atoms with van der Waals surface area (Å²) < 4.78 is 0. The average Bonchev–Trinajstić information content (AvgIpc) is 2.69. The second-order valence-corrected chi connectivity index (χ2v) is 4.14. The van der Waals surface area contributed by atoms with E-state index in [1.165, 1.54) is 13.8 Å². The summed E-state index contributed by atoms with van der Waals surface area (Å²) in [4.78, 5) is 27.2. The molecule has 0 unspecified atom stereocenters. The Balaban J connectivity index is 0. The first-order chi connectivity index (χ1) is 8.06. The zero-order valence-corrected chi connectivity index (χ0v) is 12.3. The van der Waals surface area contributed by atoms with Crippen LogP contribution in [0.2, 0.25) is 0 Å². The minimum Gasteiger partial charge on any atom is -0.349 e. The van der Waals surface area contributed by atoms with Crippen molar-refractivity contribution < 1.29 is 26.7 Å². The fourth-order valence-electron chi connectivity index (χ4n) is 1.17. The molecule has 0 aliphatic heterocycles. The van der Waals surface area contributed by atoms with Crippen LogP contribution in [0, 0.1) is 0 Å². The Morgan fingerprint density at radius 3 is 2.22 bits per heavy atom. The van der Waals surface area contributed by atoms with Crippen LogP contribution in [0.3, 0.4) is 0 Å². The first-order valence-corrected chi connectivity index (χ1v) is 6.12. The summed E-state index contributed by atoms with van der Waals surface area (Å²) in [5.74, 6) is 1.69. The minimum absolute atomic E-state index is 0. The predicted molar refractivity (Wildman–Crippen MR) is 68.2 cm³/mol. The number of nitrogens with one attached hydrogen (secondary N) is 1. The van der Waals surface area contributed by atoms with Crippen LogP contribution in [0.4, 0.5) is 0 Å². The first kappa shape index (κ1) is 19.7. The van der Waals surface area contributed by atoms with Crippen LogP contribution in [0.5, 0.6) is 0 Å². The van der Waals surface area contributed by atoms with Crippen molar-refractivity contribution in [3.8, 4) is 0 Å². The summed E-state index contributed by atoms with van der Waals surface area (Å²) in [5, 5.41) is 0. The van der Waals surface area contributed by atoms with Crippen molar-refractivity contribution in [2.75, 3.05) is 5.88 Å². The number of aromatic nitrogens is 2. The van der Waals surface area contributed by atoms with Crippen molar-refractivity contribution in [1.82, 2.24) is 9.97 Å². The summed E-state index contributed by atoms with van der Waals surface area (Å²) in [6.45, 7) is 2.81. The van der Waals surface area contributed by atoms with Gasteiger partial charge in [0.15, 0.2) is 0 Å². The van der Waals surface area contributed by atoms with Crippen LogP contribution in [-0.2, 0) is 33.1 Å². The molecule has 0 saturated carbocycles. The smallest absolute Gasteiger partial charge is 0.137 e. The minimum atomic E-state index is -0.0625. The number of hydrogen-bond acceptors (Lipinski definition) is 3. The molecule has 0 aliphatic carbocycles. The molecule has 1 aromatic heterocycles. The van der Waals surface area contributed by atoms with Crippen LogP contribution in [-0.4, -0.2) is 27.4 Å². The first-order valence-electron chi connectivity index (χ1n) is 5.59. The second kappa shape index (κ2) is 12.8. The van der Waals surface area contributed by atoms with Crippen LogP contribution in [0.1, 0.15) is 38.9 Å². The molecule has 1 heterocycles. The van der Waals surface area contributed by atoms with Crippen molar-refractivity contribution in [1.29, 1.82) is 0 Å². The number of carbonyl (C=O) groups is 2. The number of Topliss-reactive ketones (excluding diaryl/α,β-unsaturated/α-hetero) is 2. The third-order valence-corrected chi connectivity index (χ3v) is 2.12. The van der Waals surface area contributed by atoms with Gasteiger partial charge in [0, 0.05) is 41.8 Å². The topological polar surface area (TPSA) is 62.8 Å². The van der Waals surface area contributed by atoms with Gasteiger partial charge in [-0.3, -0.25) is 9.59 Å². The summed E-state index contributed by atoms with van der Waals surface area (Å²) in [6.07, 6.45) is 6.91. The van der Waals surface area contributed by atoms with Crippen molar-refractivity contribution in [2.24, 2.45) is 0 Å². The predicted octanol–water partition coefficient (Wildman–Crippen LogP) is 2.52. The number of unbranched alkanes of at least 4 members (excludes halogenated alkanes) is 1. The summed E-state index contributed by atoms with van der Waals surface area (Å²) in [7, 11) is 0. The molecule has 1 rings (SSSR count). The molecular weight excluding hydrogens is 303 g/mol. The van der Waals surface area contributed by atoms with Gasteiger partial charge in [0.05, 0.1) is 6.42 Å². The maximum Gasteiger partial charge on any atom is 0.137 e. The molecular formula is C12H19ClCuN2O2. The Labute approximate surface area is 123 Å². The van der Waals surface area contributed by atoms with Crippen molar-refractivity contribution in [3.63, 3.8) is 0 Å². The van der Waals surface area contributed by atoms with Gasteiger partial charge >= 0.3 is 0 Å². The Morgan fingerprint density at radius 2 is 1.89 bits per heavy atom. The molecule has 0 amide bonds. The van der Waals surface area contributed by atoms with Gasteiger partial charge in [0.25, 0.3) is 0 Å². The number of imidazole rings is 1. The molecule has 4 nitrogen and oxygen atoms in total. The van der Waals surface area contributed by atoms with Crippen LogP contribution in [0.25, 0.3) is 0 Å². The maximum atomic E-state index is 10.0. The number of carbonyl (C=O) groups excluding carboxylic acids is 2. The molecule has 0 atom stereocenters. The third-order valence-electron chi connectivity index (χ3n) is 1.85. The molecule has 18 heavy (non-hydrogen) atoms. The monoisotopic (exact) mass is 321 g/mol. The number of H-pyrrole nitrogens is 1. The van der Waals surface area contributed by atoms with E-state index in [2.05, 4.69) is 9.97 Å². The number of aromatic amines is 1. The van der Waals surface area contributed by atoms with E-state index < -0.39 is 0 Å². The standard InChI is InChI=1S/C7H11ClN2.C5H8O2.Cu/c8-4-2-1-3-7-9-5-6-10-7;1-4(6)3-5(2)7;/h5-6H,1-4H2,(H,9,10);3H2,1-2H3;. The van der Waals surface area contributed by atoms with Gasteiger partial charge in [-0.25, -0.2) is 4.98 Å². The van der Waals surface area contributed by atoms with Crippen molar-refractivity contribution in [2.45, 2.75) is 39.5 Å². The molecule has 0 aliphatic rings. The quantitative estimate of drug-likeness (QED) is 0.379. The zero-order valence-electron chi connectivity index (χ0n) is 10.6. The van der Waals surface area contributed by atoms with Gasteiger partial charge in [-0.05, 0) is 26.7 Å². The van der Waals surface area contributed by atoms with E-state index in [-0.39, 0.29) is 35.1 Å². The molecule has 6 heteroatoms. The van der Waals surface area contributed by atoms with E-state index in [4.69, 9.17) is 11.6 Å². The zero-order chi connectivity index (χ0) is 13.1. The van der Waals surface area contributed by atoms with Gasteiger partial charge < -0.3 is 4.98 Å². The normalized spacial score (nSPS) is 8.83. The Bertz CT molecular complexity index is 317. The summed E-state index contributed by atoms with van der Waals surface area (Å²) in [5.41, 5.74) is 0. The van der Waals surface area contributed by atoms with E-state index in [1.807, 2.05) is 6.20 Å². The molecule has 0 saturated heterocycles. The van der Waals surface area contributed by atoms with E-state index >= 15 is 0 Å². The largest absolute Gasteiger partial charge is 0.349 e. The molecule has 0 spiro atoms. The number of hydrogen-bond donors (Lipinski definition) is 1. The number of alkyl halides is 1. The number of aryl methyl sites for hydroxylation is 1. The van der Waals surface area contributed by atoms with Gasteiger partial charge in [-0.15, -0.1) is 11.6 Å². The van der Waals surface area contributed by atoms with Crippen LogP contribution < -0.4 is 0 Å². The SMILES string of the molecule is CC(=O)CC(C)=O.ClCCCCc1ncc[nH]1.[Cu]. The number of ketones is 2. The Kier molecular flexibility index (Phi) is 14.0. The molecule has 0 fully saturated rings. The van der Waals surface area contributed by atoms with E-state index in [0.29, 0.717) is 0 Å². The number of halogens is 1. The fraction of sp³-hybridized carbons (Fsp3) is 0.583. The van der Waals surface area contributed by atoms with Crippen LogP contribution in [0.15, 0.2) is 12.4 Å². The summed E-state index contributed by atoms with van der Waals surface area (Å²) in [6, 6.07) is 0. The van der Waals surface area contributed by atoms with E-state index in [9.17, 15) is 9.59 Å². The third kappa shape index (κ3) is 13.4. The number of rotatable bonds is 6. The van der Waals surface area contributed by atoms with Gasteiger partial charge in [-0.2, -0.15) is 0 Å². The molecule has 0 aromatic carbocycles. The molecule has 1 N–H and O–H groups in total. The average molecular weight is 322 g/mol. The van der Waals surface area contributed by atoms with Gasteiger partial charge in [0.1, 0.15) is 17.4 Å². The molecule has 0 bridgehead atoms. The molecule has 1 aromatic rings. The maximum absolute atomic E-state index is 10.0. The number of nitrogens with zero attached hydrogens (tertiary/aromatic N) is 1. The van der Waals surface area contributed by atoms with Crippen molar-refractivity contribution >= 4 is 23.2 Å². The van der Waals surface area contributed by atoms with Crippen molar-refractivity contribution in [3.05, 3.63) is 18.2 Å². The van der Waals surface area contributed by atoms with E-state index in [0.717, 1.165) is 31.0 Å².